The number of nitrogens with zero attached hydrogens (tertiary/aromatic N) is 1. The van der Waals surface area contributed by atoms with Crippen LogP contribution in [0, 0.1) is 5.41 Å². The summed E-state index contributed by atoms with van der Waals surface area (Å²) < 4.78 is 0. The summed E-state index contributed by atoms with van der Waals surface area (Å²) in [5.74, 6) is -1.12. The van der Waals surface area contributed by atoms with Gasteiger partial charge >= 0.3 is 12.0 Å². The van der Waals surface area contributed by atoms with E-state index in [1.165, 1.54) is 0 Å². The number of carboxylic acid groups (broad SMARTS) is 1. The van der Waals surface area contributed by atoms with Crippen molar-refractivity contribution >= 4 is 12.0 Å². The molecular weight excluding hydrogens is 236 g/mol. The van der Waals surface area contributed by atoms with E-state index in [4.69, 9.17) is 10.2 Å². The monoisotopic (exact) mass is 258 g/mol. The van der Waals surface area contributed by atoms with Gasteiger partial charge in [-0.2, -0.15) is 0 Å². The van der Waals surface area contributed by atoms with Crippen LogP contribution in [0.4, 0.5) is 4.79 Å². The summed E-state index contributed by atoms with van der Waals surface area (Å²) >= 11 is 0. The van der Waals surface area contributed by atoms with E-state index in [1.807, 2.05) is 0 Å². The van der Waals surface area contributed by atoms with Crippen LogP contribution in [-0.4, -0.2) is 52.9 Å². The van der Waals surface area contributed by atoms with Crippen molar-refractivity contribution in [2.24, 2.45) is 5.41 Å². The number of hydrogen-bond donors (Lipinski definition) is 3. The molecule has 1 saturated heterocycles. The Morgan fingerprint density at radius 1 is 1.33 bits per heavy atom. The van der Waals surface area contributed by atoms with Crippen molar-refractivity contribution in [2.75, 3.05) is 19.7 Å². The Kier molecular flexibility index (Phi) is 4.95. The second-order valence-electron chi connectivity index (χ2n) is 5.50. The number of amides is 2. The highest BCUT2D eigenvalue weighted by Crippen LogP contribution is 2.29. The average Bonchev–Trinajstić information content (AvgIpc) is 2.28. The van der Waals surface area contributed by atoms with Gasteiger partial charge < -0.3 is 20.4 Å². The van der Waals surface area contributed by atoms with Crippen molar-refractivity contribution in [2.45, 2.75) is 39.2 Å². The molecule has 2 amide bonds. The number of urea groups is 1. The van der Waals surface area contributed by atoms with Crippen LogP contribution < -0.4 is 5.32 Å². The highest BCUT2D eigenvalue weighted by Gasteiger charge is 2.29. The molecule has 0 aromatic heterocycles. The Balaban J connectivity index is 2.47. The second kappa shape index (κ2) is 6.04. The van der Waals surface area contributed by atoms with Crippen molar-refractivity contribution in [3.05, 3.63) is 0 Å². The van der Waals surface area contributed by atoms with Crippen LogP contribution in [0.2, 0.25) is 0 Å². The zero-order chi connectivity index (χ0) is 13.8. The summed E-state index contributed by atoms with van der Waals surface area (Å²) in [5, 5.41) is 20.1. The van der Waals surface area contributed by atoms with E-state index in [9.17, 15) is 9.59 Å². The third kappa shape index (κ3) is 4.18. The zero-order valence-electron chi connectivity index (χ0n) is 11.0. The van der Waals surface area contributed by atoms with Crippen LogP contribution in [0.25, 0.3) is 0 Å². The molecule has 1 aliphatic rings. The topological polar surface area (TPSA) is 89.9 Å². The fraction of sp³-hybridized carbons (Fsp3) is 0.833. The molecule has 0 spiro atoms. The first-order valence-corrected chi connectivity index (χ1v) is 6.25. The van der Waals surface area contributed by atoms with Crippen molar-refractivity contribution in [1.29, 1.82) is 0 Å². The summed E-state index contributed by atoms with van der Waals surface area (Å²) in [5.41, 5.74) is 0.244. The number of nitrogens with one attached hydrogen (secondary N) is 1. The highest BCUT2D eigenvalue weighted by atomic mass is 16.4. The lowest BCUT2D eigenvalue weighted by atomic mass is 9.83. The molecule has 1 fully saturated rings. The maximum atomic E-state index is 11.9. The van der Waals surface area contributed by atoms with Gasteiger partial charge in [0.25, 0.3) is 0 Å². The van der Waals surface area contributed by atoms with Crippen LogP contribution >= 0.6 is 0 Å². The first-order chi connectivity index (χ1) is 8.35. The Bertz CT molecular complexity index is 307. The Morgan fingerprint density at radius 2 is 1.89 bits per heavy atom. The van der Waals surface area contributed by atoms with E-state index < -0.39 is 12.0 Å². The molecule has 0 radical (unpaired) electrons. The van der Waals surface area contributed by atoms with Crippen LogP contribution in [0.3, 0.4) is 0 Å². The lowest BCUT2D eigenvalue weighted by molar-refractivity contribution is -0.139. The summed E-state index contributed by atoms with van der Waals surface area (Å²) in [6.07, 6.45) is 1.86. The second-order valence-corrected chi connectivity index (χ2v) is 5.50. The van der Waals surface area contributed by atoms with Gasteiger partial charge in [0.1, 0.15) is 6.04 Å². The lowest BCUT2D eigenvalue weighted by Gasteiger charge is -2.37. The molecule has 0 aromatic carbocycles. The molecule has 3 N–H and O–H groups in total. The molecular formula is C12H22N2O4. The number of carbonyl (C=O) groups is 2. The number of rotatable bonds is 4. The number of hydrogen-bond acceptors (Lipinski definition) is 3. The summed E-state index contributed by atoms with van der Waals surface area (Å²) in [7, 11) is 0. The minimum absolute atomic E-state index is 0.0282. The molecule has 0 saturated carbocycles. The van der Waals surface area contributed by atoms with Crippen molar-refractivity contribution in [3.63, 3.8) is 0 Å². The predicted molar refractivity (Wildman–Crippen MR) is 66.2 cm³/mol. The van der Waals surface area contributed by atoms with E-state index in [-0.39, 0.29) is 24.5 Å². The minimum atomic E-state index is -1.12. The molecule has 1 aliphatic heterocycles. The average molecular weight is 258 g/mol. The number of carbonyl (C=O) groups excluding carboxylic acids is 1. The molecule has 0 aromatic rings. The van der Waals surface area contributed by atoms with Gasteiger partial charge in [0.15, 0.2) is 0 Å². The maximum Gasteiger partial charge on any atom is 0.326 e. The molecule has 6 nitrogen and oxygen atoms in total. The largest absolute Gasteiger partial charge is 0.480 e. The molecule has 0 bridgehead atoms. The number of carboxylic acids is 1. The van der Waals surface area contributed by atoms with E-state index in [0.717, 1.165) is 12.8 Å². The number of likely N-dealkylation sites (tertiary alicyclic amines) is 1. The summed E-state index contributed by atoms with van der Waals surface area (Å²) in [6, 6.07) is -1.37. The van der Waals surface area contributed by atoms with Crippen molar-refractivity contribution < 1.29 is 19.8 Å². The first-order valence-electron chi connectivity index (χ1n) is 6.25. The molecule has 0 unspecified atom stereocenters. The maximum absolute atomic E-state index is 11.9. The van der Waals surface area contributed by atoms with Gasteiger partial charge in [-0.25, -0.2) is 9.59 Å². The third-order valence-electron chi connectivity index (χ3n) is 3.42. The van der Waals surface area contributed by atoms with Crippen LogP contribution in [-0.2, 0) is 4.79 Å². The zero-order valence-corrected chi connectivity index (χ0v) is 11.0. The van der Waals surface area contributed by atoms with Gasteiger partial charge in [-0.3, -0.25) is 0 Å². The van der Waals surface area contributed by atoms with E-state index in [2.05, 4.69) is 19.2 Å². The fourth-order valence-corrected chi connectivity index (χ4v) is 1.94. The first kappa shape index (κ1) is 14.8. The SMILES string of the molecule is CC1(C)CCN(C(=O)N[C@@H](CCO)C(=O)O)CC1. The van der Waals surface area contributed by atoms with Gasteiger partial charge in [0.2, 0.25) is 0 Å². The number of aliphatic hydroxyl groups excluding tert-OH is 1. The van der Waals surface area contributed by atoms with Gasteiger partial charge in [0.05, 0.1) is 0 Å². The Hall–Kier alpha value is -1.30. The van der Waals surface area contributed by atoms with Gasteiger partial charge in [-0.15, -0.1) is 0 Å². The van der Waals surface area contributed by atoms with Crippen LogP contribution in [0.15, 0.2) is 0 Å². The molecule has 1 atom stereocenters. The Labute approximate surface area is 107 Å². The fourth-order valence-electron chi connectivity index (χ4n) is 1.94. The van der Waals surface area contributed by atoms with Gasteiger partial charge in [0, 0.05) is 26.1 Å². The smallest absolute Gasteiger partial charge is 0.326 e. The van der Waals surface area contributed by atoms with E-state index in [1.54, 1.807) is 4.90 Å². The molecule has 1 heterocycles. The van der Waals surface area contributed by atoms with Crippen LogP contribution in [0.5, 0.6) is 0 Å². The van der Waals surface area contributed by atoms with Crippen LogP contribution in [0.1, 0.15) is 33.1 Å². The summed E-state index contributed by atoms with van der Waals surface area (Å²) in [4.78, 5) is 24.4. The number of piperidine rings is 1. The normalized spacial score (nSPS) is 20.3. The van der Waals surface area contributed by atoms with Gasteiger partial charge in [-0.1, -0.05) is 13.8 Å². The summed E-state index contributed by atoms with van der Waals surface area (Å²) in [6.45, 7) is 5.35. The van der Waals surface area contributed by atoms with E-state index in [0.29, 0.717) is 13.1 Å². The third-order valence-corrected chi connectivity index (χ3v) is 3.42. The standard InChI is InChI=1S/C12H22N2O4/c1-12(2)4-6-14(7-5-12)11(18)13-9(3-8-15)10(16)17/h9,15H,3-8H2,1-2H3,(H,13,18)(H,16,17)/t9-/m0/s1. The number of aliphatic hydroxyl groups is 1. The molecule has 1 rings (SSSR count). The molecule has 6 heteroatoms. The number of aliphatic carboxylic acids is 1. The van der Waals surface area contributed by atoms with Gasteiger partial charge in [-0.05, 0) is 18.3 Å². The predicted octanol–water partition coefficient (Wildman–Crippen LogP) is 0.654. The highest BCUT2D eigenvalue weighted by molar-refractivity contribution is 5.82. The van der Waals surface area contributed by atoms with Crippen molar-refractivity contribution in [3.8, 4) is 0 Å². The van der Waals surface area contributed by atoms with Crippen molar-refractivity contribution in [1.82, 2.24) is 10.2 Å². The van der Waals surface area contributed by atoms with E-state index >= 15 is 0 Å². The molecule has 104 valence electrons. The quantitative estimate of drug-likeness (QED) is 0.690. The molecule has 18 heavy (non-hydrogen) atoms. The Morgan fingerprint density at radius 3 is 2.33 bits per heavy atom. The minimum Gasteiger partial charge on any atom is -0.480 e. The lowest BCUT2D eigenvalue weighted by Crippen LogP contribution is -2.51. The molecule has 0 aliphatic carbocycles.